The van der Waals surface area contributed by atoms with Gasteiger partial charge in [-0.3, -0.25) is 0 Å². The minimum Gasteiger partial charge on any atom is -0.480 e. The number of aromatic nitrogens is 1. The number of halogens is 2. The summed E-state index contributed by atoms with van der Waals surface area (Å²) in [5.41, 5.74) is 1.71. The molecule has 7 nitrogen and oxygen atoms in total. The Balaban J connectivity index is 1.94. The molecule has 0 saturated carbocycles. The van der Waals surface area contributed by atoms with Crippen molar-refractivity contribution in [3.05, 3.63) is 33.1 Å². The predicted molar refractivity (Wildman–Crippen MR) is 121 cm³/mol. The fraction of sp³-hybridized carbons (Fsp3) is 0.450. The monoisotopic (exact) mass is 470 g/mol. The van der Waals surface area contributed by atoms with Crippen molar-refractivity contribution in [2.24, 2.45) is 5.92 Å². The Morgan fingerprint density at radius 1 is 1.30 bits per heavy atom. The smallest absolute Gasteiger partial charge is 0.328 e. The number of hydrogen-bond donors (Lipinski definition) is 2. The number of thiazole rings is 1. The quantitative estimate of drug-likeness (QED) is 0.682. The SMILES string of the molecule is CNC(=O)N1CCN(c2nc(-c3ccc(Cl)c(Cl)c3)c(CC(C)C)s2)CC1C(=O)O. The molecule has 3 rings (SSSR count). The number of aliphatic carboxylic acids is 1. The van der Waals surface area contributed by atoms with Gasteiger partial charge in [0.05, 0.1) is 22.3 Å². The Morgan fingerprint density at radius 3 is 2.63 bits per heavy atom. The Morgan fingerprint density at radius 2 is 2.03 bits per heavy atom. The number of urea groups is 1. The van der Waals surface area contributed by atoms with Crippen LogP contribution < -0.4 is 10.2 Å². The lowest BCUT2D eigenvalue weighted by molar-refractivity contribution is -0.142. The molecule has 2 aromatic rings. The molecule has 0 aliphatic carbocycles. The van der Waals surface area contributed by atoms with E-state index in [-0.39, 0.29) is 6.54 Å². The first-order valence-electron chi connectivity index (χ1n) is 9.62. The van der Waals surface area contributed by atoms with Crippen LogP contribution in [0, 0.1) is 5.92 Å². The molecule has 30 heavy (non-hydrogen) atoms. The van der Waals surface area contributed by atoms with Gasteiger partial charge >= 0.3 is 12.0 Å². The third-order valence-corrected chi connectivity index (χ3v) is 6.76. The van der Waals surface area contributed by atoms with Crippen molar-refractivity contribution in [3.8, 4) is 11.3 Å². The predicted octanol–water partition coefficient (Wildman–Crippen LogP) is 4.23. The molecule has 1 aliphatic rings. The number of benzene rings is 1. The molecule has 1 unspecified atom stereocenters. The van der Waals surface area contributed by atoms with Crippen molar-refractivity contribution < 1.29 is 14.7 Å². The Hall–Kier alpha value is -2.03. The van der Waals surface area contributed by atoms with E-state index in [2.05, 4.69) is 19.2 Å². The maximum absolute atomic E-state index is 12.0. The molecule has 1 fully saturated rings. The van der Waals surface area contributed by atoms with Crippen molar-refractivity contribution in [1.82, 2.24) is 15.2 Å². The van der Waals surface area contributed by atoms with Crippen molar-refractivity contribution in [1.29, 1.82) is 0 Å². The molecular formula is C20H24Cl2N4O3S. The van der Waals surface area contributed by atoms with Crippen molar-refractivity contribution >= 4 is 51.7 Å². The minimum atomic E-state index is -1.04. The standard InChI is InChI=1S/C20H24Cl2N4O3S/c1-11(2)8-16-17(12-4-5-13(21)14(22)9-12)24-20(30-16)25-6-7-26(19(29)23-3)15(10-25)18(27)28/h4-5,9,11,15H,6-8,10H2,1-3H3,(H,23,29)(H,27,28). The molecule has 1 aromatic heterocycles. The second-order valence-electron chi connectivity index (χ2n) is 7.54. The zero-order chi connectivity index (χ0) is 22.0. The van der Waals surface area contributed by atoms with Crippen LogP contribution in [0.4, 0.5) is 9.93 Å². The Labute approximate surface area is 189 Å². The minimum absolute atomic E-state index is 0.179. The van der Waals surface area contributed by atoms with Gasteiger partial charge in [-0.2, -0.15) is 0 Å². The second kappa shape index (κ2) is 9.41. The summed E-state index contributed by atoms with van der Waals surface area (Å²) < 4.78 is 0. The first-order chi connectivity index (χ1) is 14.2. The summed E-state index contributed by atoms with van der Waals surface area (Å²) in [5, 5.41) is 13.8. The van der Waals surface area contributed by atoms with Crippen LogP contribution in [0.15, 0.2) is 18.2 Å². The molecule has 1 atom stereocenters. The fourth-order valence-electron chi connectivity index (χ4n) is 3.41. The number of piperazine rings is 1. The number of carbonyl (C=O) groups excluding carboxylic acids is 1. The number of carbonyl (C=O) groups is 2. The molecular weight excluding hydrogens is 447 g/mol. The Bertz CT molecular complexity index is 950. The van der Waals surface area contributed by atoms with E-state index in [1.54, 1.807) is 23.5 Å². The summed E-state index contributed by atoms with van der Waals surface area (Å²) in [4.78, 5) is 33.1. The first kappa shape index (κ1) is 22.7. The van der Waals surface area contributed by atoms with E-state index >= 15 is 0 Å². The highest BCUT2D eigenvalue weighted by Crippen LogP contribution is 2.37. The molecule has 0 spiro atoms. The molecule has 1 saturated heterocycles. The maximum atomic E-state index is 12.0. The summed E-state index contributed by atoms with van der Waals surface area (Å²) >= 11 is 13.8. The van der Waals surface area contributed by atoms with E-state index in [0.717, 1.165) is 27.7 Å². The number of carboxylic acid groups (broad SMARTS) is 1. The third-order valence-electron chi connectivity index (χ3n) is 4.88. The third kappa shape index (κ3) is 4.82. The van der Waals surface area contributed by atoms with Crippen LogP contribution in [0.1, 0.15) is 18.7 Å². The van der Waals surface area contributed by atoms with E-state index in [9.17, 15) is 14.7 Å². The van der Waals surface area contributed by atoms with Crippen LogP contribution in [-0.2, 0) is 11.2 Å². The zero-order valence-corrected chi connectivity index (χ0v) is 19.3. The number of rotatable bonds is 5. The van der Waals surface area contributed by atoms with E-state index in [4.69, 9.17) is 28.2 Å². The molecule has 162 valence electrons. The van der Waals surface area contributed by atoms with E-state index < -0.39 is 18.0 Å². The Kier molecular flexibility index (Phi) is 7.10. The lowest BCUT2D eigenvalue weighted by Crippen LogP contribution is -2.60. The van der Waals surface area contributed by atoms with Gasteiger partial charge in [-0.25, -0.2) is 14.6 Å². The van der Waals surface area contributed by atoms with Gasteiger partial charge in [0, 0.05) is 30.6 Å². The van der Waals surface area contributed by atoms with Crippen molar-refractivity contribution in [3.63, 3.8) is 0 Å². The van der Waals surface area contributed by atoms with Gasteiger partial charge in [-0.05, 0) is 24.5 Å². The van der Waals surface area contributed by atoms with Gasteiger partial charge in [0.15, 0.2) is 5.13 Å². The van der Waals surface area contributed by atoms with Gasteiger partial charge in [-0.15, -0.1) is 11.3 Å². The van der Waals surface area contributed by atoms with Crippen LogP contribution in [-0.4, -0.2) is 59.7 Å². The summed E-state index contributed by atoms with van der Waals surface area (Å²) in [6.45, 7) is 5.27. The molecule has 1 aromatic carbocycles. The number of carboxylic acids is 1. The normalized spacial score (nSPS) is 16.8. The summed E-state index contributed by atoms with van der Waals surface area (Å²) in [5.74, 6) is -0.608. The highest BCUT2D eigenvalue weighted by Gasteiger charge is 2.36. The number of amides is 2. The molecule has 1 aliphatic heterocycles. The lowest BCUT2D eigenvalue weighted by Gasteiger charge is -2.38. The number of hydrogen-bond acceptors (Lipinski definition) is 5. The van der Waals surface area contributed by atoms with Gasteiger partial charge in [0.1, 0.15) is 6.04 Å². The molecule has 10 heteroatoms. The molecule has 0 bridgehead atoms. The van der Waals surface area contributed by atoms with E-state index in [1.165, 1.54) is 11.9 Å². The van der Waals surface area contributed by atoms with Crippen LogP contribution >= 0.6 is 34.5 Å². The highest BCUT2D eigenvalue weighted by molar-refractivity contribution is 7.16. The molecule has 0 radical (unpaired) electrons. The second-order valence-corrected chi connectivity index (χ2v) is 9.42. The van der Waals surface area contributed by atoms with Crippen molar-refractivity contribution in [2.75, 3.05) is 31.6 Å². The van der Waals surface area contributed by atoms with Crippen LogP contribution in [0.5, 0.6) is 0 Å². The first-order valence-corrected chi connectivity index (χ1v) is 11.2. The van der Waals surface area contributed by atoms with Gasteiger partial charge in [-0.1, -0.05) is 43.1 Å². The topological polar surface area (TPSA) is 85.8 Å². The van der Waals surface area contributed by atoms with Crippen LogP contribution in [0.3, 0.4) is 0 Å². The molecule has 2 amide bonds. The number of nitrogens with zero attached hydrogens (tertiary/aromatic N) is 3. The van der Waals surface area contributed by atoms with Crippen LogP contribution in [0.2, 0.25) is 10.0 Å². The average Bonchev–Trinajstić information content (AvgIpc) is 3.12. The zero-order valence-electron chi connectivity index (χ0n) is 17.0. The molecule has 2 heterocycles. The summed E-state index contributed by atoms with van der Waals surface area (Å²) in [7, 11) is 1.50. The van der Waals surface area contributed by atoms with Gasteiger partial charge in [0.25, 0.3) is 0 Å². The maximum Gasteiger partial charge on any atom is 0.328 e. The van der Waals surface area contributed by atoms with Crippen molar-refractivity contribution in [2.45, 2.75) is 26.3 Å². The highest BCUT2D eigenvalue weighted by atomic mass is 35.5. The lowest BCUT2D eigenvalue weighted by atomic mass is 10.0. The number of anilines is 1. The van der Waals surface area contributed by atoms with Crippen LogP contribution in [0.25, 0.3) is 11.3 Å². The number of nitrogens with one attached hydrogen (secondary N) is 1. The molecule has 2 N–H and O–H groups in total. The summed E-state index contributed by atoms with van der Waals surface area (Å²) in [6.07, 6.45) is 0.841. The van der Waals surface area contributed by atoms with E-state index in [1.807, 2.05) is 11.0 Å². The van der Waals surface area contributed by atoms with Gasteiger partial charge in [0.2, 0.25) is 0 Å². The van der Waals surface area contributed by atoms with E-state index in [0.29, 0.717) is 29.1 Å². The fourth-order valence-corrected chi connectivity index (χ4v) is 5.03. The van der Waals surface area contributed by atoms with Gasteiger partial charge < -0.3 is 20.2 Å². The average molecular weight is 471 g/mol. The summed E-state index contributed by atoms with van der Waals surface area (Å²) in [6, 6.07) is 4.11. The largest absolute Gasteiger partial charge is 0.480 e.